The number of nitrogens with one attached hydrogen (secondary N) is 1. The van der Waals surface area contributed by atoms with Crippen molar-refractivity contribution in [1.29, 1.82) is 0 Å². The van der Waals surface area contributed by atoms with E-state index in [1.165, 1.54) is 11.1 Å². The number of hydrogen-bond acceptors (Lipinski definition) is 2. The molecule has 1 amide bonds. The first kappa shape index (κ1) is 20.0. The van der Waals surface area contributed by atoms with E-state index in [1.54, 1.807) is 19.1 Å². The summed E-state index contributed by atoms with van der Waals surface area (Å²) in [5.41, 5.74) is 2.88. The van der Waals surface area contributed by atoms with Crippen LogP contribution >= 0.6 is 11.6 Å². The summed E-state index contributed by atoms with van der Waals surface area (Å²) < 4.78 is 5.81. The Balaban J connectivity index is 1.67. The lowest BCUT2D eigenvalue weighted by Crippen LogP contribution is -2.30. The van der Waals surface area contributed by atoms with Crippen molar-refractivity contribution in [2.24, 2.45) is 0 Å². The lowest BCUT2D eigenvalue weighted by Gasteiger charge is -2.26. The van der Waals surface area contributed by atoms with Crippen LogP contribution in [0.2, 0.25) is 5.02 Å². The number of carbonyl (C=O) groups is 1. The number of ether oxygens (including phenoxy) is 1. The van der Waals surface area contributed by atoms with Crippen LogP contribution in [0.3, 0.4) is 0 Å². The number of benzene rings is 3. The van der Waals surface area contributed by atoms with E-state index >= 15 is 0 Å². The molecule has 0 radical (unpaired) electrons. The molecule has 3 nitrogen and oxygen atoms in total. The smallest absolute Gasteiger partial charge is 0.265 e. The van der Waals surface area contributed by atoms with E-state index in [0.717, 1.165) is 0 Å². The normalized spacial score (nSPS) is 12.3. The van der Waals surface area contributed by atoms with Gasteiger partial charge >= 0.3 is 0 Å². The van der Waals surface area contributed by atoms with Crippen molar-refractivity contribution in [3.05, 3.63) is 95.0 Å². The van der Waals surface area contributed by atoms with Gasteiger partial charge in [0.2, 0.25) is 0 Å². The molecule has 1 N–H and O–H groups in total. The van der Waals surface area contributed by atoms with E-state index in [0.29, 0.717) is 16.5 Å². The predicted molar refractivity (Wildman–Crippen MR) is 115 cm³/mol. The highest BCUT2D eigenvalue weighted by atomic mass is 35.5. The molecule has 0 aromatic heterocycles. The van der Waals surface area contributed by atoms with Gasteiger partial charge in [-0.2, -0.15) is 0 Å². The lowest BCUT2D eigenvalue weighted by molar-refractivity contribution is -0.122. The number of rotatable bonds is 6. The van der Waals surface area contributed by atoms with Crippen LogP contribution in [0.5, 0.6) is 5.75 Å². The molecule has 0 bridgehead atoms. The molecule has 3 aromatic rings. The Kier molecular flexibility index (Phi) is 6.05. The van der Waals surface area contributed by atoms with E-state index in [9.17, 15) is 4.79 Å². The zero-order valence-electron chi connectivity index (χ0n) is 16.3. The van der Waals surface area contributed by atoms with Crippen LogP contribution in [0, 0.1) is 0 Å². The van der Waals surface area contributed by atoms with Crippen molar-refractivity contribution in [3.63, 3.8) is 0 Å². The van der Waals surface area contributed by atoms with Crippen LogP contribution in [0.25, 0.3) is 0 Å². The number of para-hydroxylation sites is 1. The molecule has 4 heteroatoms. The minimum Gasteiger partial charge on any atom is -0.481 e. The summed E-state index contributed by atoms with van der Waals surface area (Å²) in [4.78, 5) is 12.4. The fraction of sp³-hybridized carbons (Fsp3) is 0.208. The van der Waals surface area contributed by atoms with Crippen molar-refractivity contribution in [3.8, 4) is 5.75 Å². The van der Waals surface area contributed by atoms with Gasteiger partial charge in [0.1, 0.15) is 5.75 Å². The average molecular weight is 394 g/mol. The van der Waals surface area contributed by atoms with Crippen molar-refractivity contribution < 1.29 is 9.53 Å². The number of anilines is 1. The molecule has 3 rings (SSSR count). The van der Waals surface area contributed by atoms with Gasteiger partial charge in [0.15, 0.2) is 6.10 Å². The zero-order chi connectivity index (χ0) is 20.1. The molecule has 0 spiro atoms. The van der Waals surface area contributed by atoms with E-state index < -0.39 is 6.10 Å². The van der Waals surface area contributed by atoms with Gasteiger partial charge in [-0.25, -0.2) is 0 Å². The van der Waals surface area contributed by atoms with Gasteiger partial charge in [-0.05, 0) is 42.3 Å². The highest BCUT2D eigenvalue weighted by molar-refractivity contribution is 6.33. The molecule has 0 aliphatic heterocycles. The van der Waals surface area contributed by atoms with E-state index in [1.807, 2.05) is 54.6 Å². The first-order valence-corrected chi connectivity index (χ1v) is 9.64. The Morgan fingerprint density at radius 1 is 0.893 bits per heavy atom. The third-order valence-electron chi connectivity index (χ3n) is 4.89. The molecular formula is C24H24ClNO2. The first-order valence-electron chi connectivity index (χ1n) is 9.26. The highest BCUT2D eigenvalue weighted by Gasteiger charge is 2.23. The highest BCUT2D eigenvalue weighted by Crippen LogP contribution is 2.32. The predicted octanol–water partition coefficient (Wildman–Crippen LogP) is 6.07. The van der Waals surface area contributed by atoms with Crippen LogP contribution in [-0.4, -0.2) is 12.0 Å². The molecule has 0 saturated carbocycles. The summed E-state index contributed by atoms with van der Waals surface area (Å²) in [6.07, 6.45) is -0.649. The Morgan fingerprint density at radius 2 is 1.46 bits per heavy atom. The molecule has 1 unspecified atom stereocenters. The number of amides is 1. The summed E-state index contributed by atoms with van der Waals surface area (Å²) >= 11 is 6.09. The molecule has 28 heavy (non-hydrogen) atoms. The van der Waals surface area contributed by atoms with Crippen LogP contribution in [-0.2, 0) is 10.2 Å². The maximum absolute atomic E-state index is 12.4. The SMILES string of the molecule is CC(Oc1ccc(C(C)(C)c2ccccc2)cc1)C(=O)Nc1ccccc1Cl. The Hall–Kier alpha value is -2.78. The fourth-order valence-corrected chi connectivity index (χ4v) is 3.21. The second kappa shape index (κ2) is 8.49. The summed E-state index contributed by atoms with van der Waals surface area (Å²) in [6.45, 7) is 6.10. The summed E-state index contributed by atoms with van der Waals surface area (Å²) in [6, 6.07) is 25.4. The minimum atomic E-state index is -0.649. The van der Waals surface area contributed by atoms with Crippen LogP contribution < -0.4 is 10.1 Å². The monoisotopic (exact) mass is 393 g/mol. The second-order valence-electron chi connectivity index (χ2n) is 7.24. The number of hydrogen-bond donors (Lipinski definition) is 1. The van der Waals surface area contributed by atoms with Crippen LogP contribution in [0.4, 0.5) is 5.69 Å². The molecule has 0 aliphatic carbocycles. The molecule has 3 aromatic carbocycles. The first-order chi connectivity index (χ1) is 13.4. The van der Waals surface area contributed by atoms with Crippen LogP contribution in [0.1, 0.15) is 31.9 Å². The minimum absolute atomic E-state index is 0.118. The van der Waals surface area contributed by atoms with Gasteiger partial charge in [0.25, 0.3) is 5.91 Å². The van der Waals surface area contributed by atoms with Gasteiger partial charge in [0.05, 0.1) is 10.7 Å². The number of halogens is 1. The Bertz CT molecular complexity index is 936. The largest absolute Gasteiger partial charge is 0.481 e. The van der Waals surface area contributed by atoms with Gasteiger partial charge in [0, 0.05) is 5.41 Å². The Labute approximate surface area is 171 Å². The standard InChI is InChI=1S/C24H24ClNO2/c1-17(23(27)26-22-12-8-7-11-21(22)25)28-20-15-13-19(14-16-20)24(2,3)18-9-5-4-6-10-18/h4-17H,1-3H3,(H,26,27). The van der Waals surface area contributed by atoms with Gasteiger partial charge in [-0.3, -0.25) is 4.79 Å². The molecule has 144 valence electrons. The van der Waals surface area contributed by atoms with E-state index in [-0.39, 0.29) is 11.3 Å². The molecule has 0 aliphatic rings. The van der Waals surface area contributed by atoms with Crippen molar-refractivity contribution in [2.75, 3.05) is 5.32 Å². The number of carbonyl (C=O) groups excluding carboxylic acids is 1. The van der Waals surface area contributed by atoms with Crippen molar-refractivity contribution in [1.82, 2.24) is 0 Å². The summed E-state index contributed by atoms with van der Waals surface area (Å²) in [5, 5.41) is 3.29. The second-order valence-corrected chi connectivity index (χ2v) is 7.65. The van der Waals surface area contributed by atoms with E-state index in [4.69, 9.17) is 16.3 Å². The maximum atomic E-state index is 12.4. The van der Waals surface area contributed by atoms with Crippen LogP contribution in [0.15, 0.2) is 78.9 Å². The molecule has 0 fully saturated rings. The molecule has 1 atom stereocenters. The third kappa shape index (κ3) is 4.55. The summed E-state index contributed by atoms with van der Waals surface area (Å²) in [7, 11) is 0. The molecule has 0 saturated heterocycles. The van der Waals surface area contributed by atoms with Crippen molar-refractivity contribution in [2.45, 2.75) is 32.3 Å². The summed E-state index contributed by atoms with van der Waals surface area (Å²) in [5.74, 6) is 0.399. The van der Waals surface area contributed by atoms with Gasteiger partial charge in [-0.15, -0.1) is 0 Å². The zero-order valence-corrected chi connectivity index (χ0v) is 17.0. The Morgan fingerprint density at radius 3 is 2.11 bits per heavy atom. The quantitative estimate of drug-likeness (QED) is 0.551. The average Bonchev–Trinajstić information content (AvgIpc) is 2.70. The molecule has 0 heterocycles. The van der Waals surface area contributed by atoms with Gasteiger partial charge in [-0.1, -0.05) is 80.0 Å². The van der Waals surface area contributed by atoms with Crippen molar-refractivity contribution >= 4 is 23.2 Å². The lowest BCUT2D eigenvalue weighted by atomic mass is 9.78. The molecular weight excluding hydrogens is 370 g/mol. The maximum Gasteiger partial charge on any atom is 0.265 e. The van der Waals surface area contributed by atoms with E-state index in [2.05, 4.69) is 31.3 Å². The van der Waals surface area contributed by atoms with Gasteiger partial charge < -0.3 is 10.1 Å². The third-order valence-corrected chi connectivity index (χ3v) is 5.21. The fourth-order valence-electron chi connectivity index (χ4n) is 3.03. The topological polar surface area (TPSA) is 38.3 Å².